The molecule has 4 aromatic carbocycles. The molecule has 1 aliphatic heterocycles. The van der Waals surface area contributed by atoms with Crippen LogP contribution in [0, 0.1) is 5.92 Å². The van der Waals surface area contributed by atoms with E-state index < -0.39 is 0 Å². The maximum absolute atomic E-state index is 6.83. The summed E-state index contributed by atoms with van der Waals surface area (Å²) in [5.74, 6) is 1.25. The third kappa shape index (κ3) is 6.63. The highest BCUT2D eigenvalue weighted by atomic mass is 35.5. The summed E-state index contributed by atoms with van der Waals surface area (Å²) in [4.78, 5) is 0. The van der Waals surface area contributed by atoms with E-state index in [1.54, 1.807) is 0 Å². The lowest BCUT2D eigenvalue weighted by molar-refractivity contribution is -0.112. The maximum Gasteiger partial charge on any atom is 0.134 e. The molecule has 1 saturated heterocycles. The third-order valence-corrected chi connectivity index (χ3v) is 10.6. The third-order valence-electron chi connectivity index (χ3n) is 8.26. The van der Waals surface area contributed by atoms with Gasteiger partial charge >= 0.3 is 0 Å². The van der Waals surface area contributed by atoms with Crippen molar-refractivity contribution in [3.63, 3.8) is 0 Å². The summed E-state index contributed by atoms with van der Waals surface area (Å²) in [6.45, 7) is 5.70. The molecule has 0 aliphatic carbocycles. The van der Waals surface area contributed by atoms with Gasteiger partial charge in [-0.05, 0) is 52.8 Å². The topological polar surface area (TPSA) is 31.6 Å². The van der Waals surface area contributed by atoms with Gasteiger partial charge in [0.05, 0.1) is 24.6 Å². The second kappa shape index (κ2) is 13.5. The second-order valence-corrected chi connectivity index (χ2v) is 13.0. The van der Waals surface area contributed by atoms with E-state index in [9.17, 15) is 0 Å². The van der Waals surface area contributed by atoms with E-state index in [0.29, 0.717) is 30.8 Å². The minimum atomic E-state index is -0.128. The van der Waals surface area contributed by atoms with Gasteiger partial charge in [-0.2, -0.15) is 0 Å². The van der Waals surface area contributed by atoms with Crippen molar-refractivity contribution in [2.45, 2.75) is 62.6 Å². The summed E-state index contributed by atoms with van der Waals surface area (Å²) >= 11 is 8.80. The number of benzene rings is 4. The fourth-order valence-corrected chi connectivity index (χ4v) is 7.84. The van der Waals surface area contributed by atoms with Crippen LogP contribution in [0.5, 0.6) is 0 Å². The Labute approximate surface area is 258 Å². The summed E-state index contributed by atoms with van der Waals surface area (Å²) in [6, 6.07) is 37.5. The first kappa shape index (κ1) is 29.1. The Balaban J connectivity index is 1.32. The highest BCUT2D eigenvalue weighted by molar-refractivity contribution is 8.00. The summed E-state index contributed by atoms with van der Waals surface area (Å²) < 4.78 is 19.8. The Hall–Kier alpha value is -3.02. The molecular weight excluding hydrogens is 560 g/mol. The molecule has 6 rings (SSSR count). The van der Waals surface area contributed by atoms with Crippen LogP contribution >= 0.6 is 23.4 Å². The highest BCUT2D eigenvalue weighted by Gasteiger charge is 2.45. The molecule has 5 atom stereocenters. The lowest BCUT2D eigenvalue weighted by Crippen LogP contribution is -2.48. The zero-order chi connectivity index (χ0) is 28.9. The van der Waals surface area contributed by atoms with Gasteiger partial charge in [0.15, 0.2) is 0 Å². The normalized spacial score (nSPS) is 22.4. The Morgan fingerprint density at radius 3 is 2.07 bits per heavy atom. The predicted octanol–water partition coefficient (Wildman–Crippen LogP) is 10.1. The van der Waals surface area contributed by atoms with E-state index >= 15 is 0 Å². The van der Waals surface area contributed by atoms with Gasteiger partial charge in [-0.3, -0.25) is 0 Å². The van der Waals surface area contributed by atoms with Crippen molar-refractivity contribution in [3.8, 4) is 0 Å². The molecule has 0 saturated carbocycles. The number of hydrogen-bond donors (Lipinski definition) is 0. The van der Waals surface area contributed by atoms with Crippen LogP contribution in [0.4, 0.5) is 0 Å². The van der Waals surface area contributed by atoms with E-state index in [2.05, 4.69) is 86.6 Å². The first-order chi connectivity index (χ1) is 20.6. The van der Waals surface area contributed by atoms with Crippen molar-refractivity contribution in [2.75, 3.05) is 0 Å². The molecule has 42 heavy (non-hydrogen) atoms. The number of rotatable bonds is 10. The number of ether oxygens (including phenoxy) is 2. The van der Waals surface area contributed by atoms with Crippen molar-refractivity contribution in [3.05, 3.63) is 142 Å². The van der Waals surface area contributed by atoms with Crippen LogP contribution in [0.1, 0.15) is 53.5 Å². The lowest BCUT2D eigenvalue weighted by atomic mass is 9.89. The van der Waals surface area contributed by atoms with Gasteiger partial charge in [0.2, 0.25) is 0 Å². The molecule has 216 valence electrons. The van der Waals surface area contributed by atoms with Crippen LogP contribution in [0.2, 0.25) is 5.02 Å². The predicted molar refractivity (Wildman–Crippen MR) is 174 cm³/mol. The van der Waals surface area contributed by atoms with Crippen molar-refractivity contribution in [1.29, 1.82) is 0 Å². The first-order valence-electron chi connectivity index (χ1n) is 14.8. The lowest BCUT2D eigenvalue weighted by Gasteiger charge is -2.45. The monoisotopic (exact) mass is 596 g/mol. The molecular formula is C37H37ClO3S. The molecule has 5 heteroatoms. The molecule has 2 heterocycles. The van der Waals surface area contributed by atoms with Crippen LogP contribution in [-0.2, 0) is 29.1 Å². The standard InChI is InChI=1S/C37H37ClO3S/c1-3-34-25(2)35(39-23-26-12-6-4-7-13-26)36(40-24-27-14-8-5-9-15-27)37(42-34)29-18-19-32(38)30(20-29)22-31-21-28-16-10-11-17-33(28)41-31/h4-21,25,34-37H,3,22-24H2,1-2H3/t25-,34-,35+,36-,37+/m1/s1. The molecule has 0 unspecified atom stereocenters. The first-order valence-corrected chi connectivity index (χ1v) is 16.1. The number of para-hydroxylation sites is 1. The maximum atomic E-state index is 6.83. The van der Waals surface area contributed by atoms with Gasteiger partial charge in [0, 0.05) is 22.1 Å². The molecule has 0 bridgehead atoms. The number of furan rings is 1. The summed E-state index contributed by atoms with van der Waals surface area (Å²) in [7, 11) is 0. The fourth-order valence-electron chi connectivity index (χ4n) is 5.99. The van der Waals surface area contributed by atoms with Crippen LogP contribution in [0.15, 0.2) is 114 Å². The van der Waals surface area contributed by atoms with Gasteiger partial charge in [-0.15, -0.1) is 11.8 Å². The molecule has 0 N–H and O–H groups in total. The molecule has 0 spiro atoms. The smallest absolute Gasteiger partial charge is 0.134 e. The largest absolute Gasteiger partial charge is 0.461 e. The highest BCUT2D eigenvalue weighted by Crippen LogP contribution is 2.49. The quantitative estimate of drug-likeness (QED) is 0.160. The Bertz CT molecular complexity index is 1550. The van der Waals surface area contributed by atoms with Crippen LogP contribution in [0.3, 0.4) is 0 Å². The van der Waals surface area contributed by atoms with Crippen LogP contribution in [-0.4, -0.2) is 17.5 Å². The van der Waals surface area contributed by atoms with E-state index in [-0.39, 0.29) is 17.5 Å². The molecule has 0 radical (unpaired) electrons. The van der Waals surface area contributed by atoms with Crippen LogP contribution < -0.4 is 0 Å². The van der Waals surface area contributed by atoms with Crippen LogP contribution in [0.25, 0.3) is 11.0 Å². The second-order valence-electron chi connectivity index (χ2n) is 11.2. The van der Waals surface area contributed by atoms with Crippen molar-refractivity contribution < 1.29 is 13.9 Å². The summed E-state index contributed by atoms with van der Waals surface area (Å²) in [6.07, 6.45) is 1.52. The Kier molecular flexibility index (Phi) is 9.36. The number of halogens is 1. The van der Waals surface area contributed by atoms with Crippen molar-refractivity contribution in [2.24, 2.45) is 5.92 Å². The molecule has 1 aromatic heterocycles. The molecule has 0 amide bonds. The molecule has 1 fully saturated rings. The Morgan fingerprint density at radius 2 is 1.40 bits per heavy atom. The summed E-state index contributed by atoms with van der Waals surface area (Å²) in [5.41, 5.74) is 5.51. The fraction of sp³-hybridized carbons (Fsp3) is 0.297. The number of thioether (sulfide) groups is 1. The molecule has 5 aromatic rings. The van der Waals surface area contributed by atoms with Gasteiger partial charge in [-0.1, -0.05) is 116 Å². The number of fused-ring (bicyclic) bond motifs is 1. The van der Waals surface area contributed by atoms with Crippen molar-refractivity contribution >= 4 is 34.3 Å². The Morgan fingerprint density at radius 1 is 0.762 bits per heavy atom. The van der Waals surface area contributed by atoms with Gasteiger partial charge in [0.25, 0.3) is 0 Å². The zero-order valence-electron chi connectivity index (χ0n) is 24.1. The SMILES string of the molecule is CC[C@H]1S[C@@H](c2ccc(Cl)c(Cc3cc4ccccc4o3)c2)[C@H](OCc2ccccc2)[C@@H](OCc2ccccc2)[C@@H]1C. The van der Waals surface area contributed by atoms with Gasteiger partial charge in [0.1, 0.15) is 17.4 Å². The average Bonchev–Trinajstić information content (AvgIpc) is 3.44. The average molecular weight is 597 g/mol. The van der Waals surface area contributed by atoms with E-state index in [4.69, 9.17) is 25.5 Å². The van der Waals surface area contributed by atoms with E-state index in [1.807, 2.05) is 48.2 Å². The molecule has 3 nitrogen and oxygen atoms in total. The number of hydrogen-bond acceptors (Lipinski definition) is 4. The zero-order valence-corrected chi connectivity index (χ0v) is 25.7. The van der Waals surface area contributed by atoms with Crippen molar-refractivity contribution in [1.82, 2.24) is 0 Å². The van der Waals surface area contributed by atoms with E-state index in [1.165, 1.54) is 11.1 Å². The summed E-state index contributed by atoms with van der Waals surface area (Å²) in [5, 5.41) is 2.40. The molecule has 1 aliphatic rings. The minimum Gasteiger partial charge on any atom is -0.461 e. The minimum absolute atomic E-state index is 0.0559. The van der Waals surface area contributed by atoms with E-state index in [0.717, 1.165) is 39.3 Å². The van der Waals surface area contributed by atoms with Gasteiger partial charge < -0.3 is 13.9 Å². The van der Waals surface area contributed by atoms with Gasteiger partial charge in [-0.25, -0.2) is 0 Å².